The van der Waals surface area contributed by atoms with E-state index in [-0.39, 0.29) is 28.9 Å². The molecule has 10 heteroatoms. The number of carbonyl (C=O) groups is 1. The van der Waals surface area contributed by atoms with Gasteiger partial charge in [-0.15, -0.1) is 0 Å². The molecule has 0 saturated carbocycles. The third-order valence-corrected chi connectivity index (χ3v) is 9.33. The molecule has 1 fully saturated rings. The van der Waals surface area contributed by atoms with Gasteiger partial charge in [-0.1, -0.05) is 44.2 Å². The van der Waals surface area contributed by atoms with E-state index in [1.165, 1.54) is 24.3 Å². The first-order valence-corrected chi connectivity index (χ1v) is 14.0. The van der Waals surface area contributed by atoms with Gasteiger partial charge in [0.25, 0.3) is 0 Å². The van der Waals surface area contributed by atoms with Crippen LogP contribution in [-0.2, 0) is 24.8 Å². The van der Waals surface area contributed by atoms with Gasteiger partial charge in [0.15, 0.2) is 0 Å². The smallest absolute Gasteiger partial charge is 0.247 e. The van der Waals surface area contributed by atoms with Crippen LogP contribution in [0.25, 0.3) is 0 Å². The van der Waals surface area contributed by atoms with E-state index >= 15 is 0 Å². The van der Waals surface area contributed by atoms with Crippen molar-refractivity contribution in [3.63, 3.8) is 0 Å². The summed E-state index contributed by atoms with van der Waals surface area (Å²) in [5.74, 6) is -0.812. The van der Waals surface area contributed by atoms with Crippen LogP contribution in [0.4, 0.5) is 5.69 Å². The van der Waals surface area contributed by atoms with Gasteiger partial charge in [0.05, 0.1) is 21.8 Å². The van der Waals surface area contributed by atoms with Gasteiger partial charge in [0, 0.05) is 12.6 Å². The molecule has 8 nitrogen and oxygen atoms in total. The number of hydrogen-bond donors (Lipinski definition) is 1. The molecule has 33 heavy (non-hydrogen) atoms. The van der Waals surface area contributed by atoms with Crippen LogP contribution in [-0.4, -0.2) is 53.0 Å². The summed E-state index contributed by atoms with van der Waals surface area (Å²) < 4.78 is 54.3. The number of hydrogen-bond acceptors (Lipinski definition) is 6. The number of likely N-dealkylation sites (N-methyl/N-ethyl adjacent to an activating group) is 1. The largest absolute Gasteiger partial charge is 0.296 e. The fraction of sp³-hybridized carbons (Fsp3) is 0.435. The summed E-state index contributed by atoms with van der Waals surface area (Å²) in [6.07, 6.45) is 0. The molecule has 180 valence electrons. The van der Waals surface area contributed by atoms with Crippen LogP contribution in [0.5, 0.6) is 0 Å². The lowest BCUT2D eigenvalue weighted by atomic mass is 9.95. The molecule has 3 rings (SSSR count). The first-order valence-electron chi connectivity index (χ1n) is 10.9. The Kier molecular flexibility index (Phi) is 7.33. The number of sulfonamides is 2. The molecule has 0 aromatic heterocycles. The minimum Gasteiger partial charge on any atom is -0.296 e. The zero-order valence-corrected chi connectivity index (χ0v) is 21.0. The average Bonchev–Trinajstić information content (AvgIpc) is 2.93. The van der Waals surface area contributed by atoms with Crippen molar-refractivity contribution in [2.45, 2.75) is 38.6 Å². The first-order chi connectivity index (χ1) is 15.4. The molecule has 1 atom stereocenters. The summed E-state index contributed by atoms with van der Waals surface area (Å²) in [5, 5.41) is 0. The number of carbonyl (C=O) groups excluding carboxylic acids is 1. The highest BCUT2D eigenvalue weighted by Gasteiger charge is 2.49. The molecule has 0 spiro atoms. The third kappa shape index (κ3) is 5.29. The van der Waals surface area contributed by atoms with Crippen molar-refractivity contribution >= 4 is 31.6 Å². The minimum atomic E-state index is -3.85. The first kappa shape index (κ1) is 25.4. The Labute approximate surface area is 196 Å². The predicted octanol–water partition coefficient (Wildman–Crippen LogP) is 2.75. The van der Waals surface area contributed by atoms with Crippen molar-refractivity contribution in [1.29, 1.82) is 0 Å². The second-order valence-corrected chi connectivity index (χ2v) is 12.3. The highest BCUT2D eigenvalue weighted by molar-refractivity contribution is 7.94. The van der Waals surface area contributed by atoms with E-state index in [4.69, 9.17) is 0 Å². The molecule has 1 heterocycles. The maximum absolute atomic E-state index is 13.0. The molecule has 2 aromatic rings. The molecule has 1 aliphatic heterocycles. The van der Waals surface area contributed by atoms with Crippen LogP contribution in [0.2, 0.25) is 0 Å². The second-order valence-electron chi connectivity index (χ2n) is 8.70. The minimum absolute atomic E-state index is 0.000845. The number of rotatable bonds is 9. The van der Waals surface area contributed by atoms with Gasteiger partial charge in [-0.05, 0) is 56.8 Å². The summed E-state index contributed by atoms with van der Waals surface area (Å²) in [4.78, 5) is 14.7. The molecular weight excluding hydrogens is 462 g/mol. The molecule has 1 N–H and O–H groups in total. The van der Waals surface area contributed by atoms with Crippen molar-refractivity contribution < 1.29 is 21.6 Å². The van der Waals surface area contributed by atoms with Gasteiger partial charge in [-0.3, -0.25) is 9.69 Å². The van der Waals surface area contributed by atoms with Crippen molar-refractivity contribution in [3.05, 3.63) is 60.2 Å². The monoisotopic (exact) mass is 493 g/mol. The van der Waals surface area contributed by atoms with Gasteiger partial charge in [0.2, 0.25) is 26.0 Å². The molecule has 1 aliphatic rings. The van der Waals surface area contributed by atoms with E-state index in [2.05, 4.69) is 9.62 Å². The maximum atomic E-state index is 13.0. The Morgan fingerprint density at radius 2 is 1.61 bits per heavy atom. The SMILES string of the molecule is CCN(CC)C(CNS(=O)(=O)c1ccc(N2C(=O)C(C)(C)CS2(=O)=O)cc1)c1ccccc1. The summed E-state index contributed by atoms with van der Waals surface area (Å²) in [6, 6.07) is 14.9. The fourth-order valence-corrected chi connectivity index (χ4v) is 7.24. The van der Waals surface area contributed by atoms with E-state index in [0.717, 1.165) is 23.0 Å². The lowest BCUT2D eigenvalue weighted by molar-refractivity contribution is -0.123. The fourth-order valence-electron chi connectivity index (χ4n) is 4.09. The van der Waals surface area contributed by atoms with Crippen LogP contribution in [0.1, 0.15) is 39.3 Å². The standard InChI is InChI=1S/C23H31N3O5S2/c1-5-25(6-2)21(18-10-8-7-9-11-18)16-24-33(30,31)20-14-12-19(13-15-20)26-22(27)23(3,4)17-32(26,28)29/h7-15,21,24H,5-6,16-17H2,1-4H3. The zero-order chi connectivity index (χ0) is 24.4. The Hall–Kier alpha value is -2.27. The number of nitrogens with zero attached hydrogens (tertiary/aromatic N) is 2. The molecule has 0 aliphatic carbocycles. The van der Waals surface area contributed by atoms with Crippen LogP contribution in [0.3, 0.4) is 0 Å². The van der Waals surface area contributed by atoms with Crippen LogP contribution in [0, 0.1) is 5.41 Å². The summed E-state index contributed by atoms with van der Waals surface area (Å²) in [7, 11) is -7.65. The van der Waals surface area contributed by atoms with E-state index < -0.39 is 31.4 Å². The van der Waals surface area contributed by atoms with Gasteiger partial charge in [-0.25, -0.2) is 25.9 Å². The zero-order valence-electron chi connectivity index (χ0n) is 19.4. The number of amides is 1. The van der Waals surface area contributed by atoms with E-state index in [0.29, 0.717) is 0 Å². The molecule has 1 unspecified atom stereocenters. The van der Waals surface area contributed by atoms with Gasteiger partial charge < -0.3 is 0 Å². The van der Waals surface area contributed by atoms with Crippen molar-refractivity contribution in [1.82, 2.24) is 9.62 Å². The predicted molar refractivity (Wildman–Crippen MR) is 129 cm³/mol. The number of benzene rings is 2. The number of anilines is 1. The number of nitrogens with one attached hydrogen (secondary N) is 1. The topological polar surface area (TPSA) is 104 Å². The highest BCUT2D eigenvalue weighted by Crippen LogP contribution is 2.36. The lowest BCUT2D eigenvalue weighted by Crippen LogP contribution is -2.38. The maximum Gasteiger partial charge on any atom is 0.247 e. The summed E-state index contributed by atoms with van der Waals surface area (Å²) in [5.41, 5.74) is 0.122. The van der Waals surface area contributed by atoms with Crippen LogP contribution in [0.15, 0.2) is 59.5 Å². The van der Waals surface area contributed by atoms with E-state index in [1.807, 2.05) is 44.2 Å². The summed E-state index contributed by atoms with van der Waals surface area (Å²) >= 11 is 0. The third-order valence-electron chi connectivity index (χ3n) is 5.87. The van der Waals surface area contributed by atoms with E-state index in [1.54, 1.807) is 13.8 Å². The average molecular weight is 494 g/mol. The normalized spacial score (nSPS) is 18.6. The lowest BCUT2D eigenvalue weighted by Gasteiger charge is -2.30. The highest BCUT2D eigenvalue weighted by atomic mass is 32.2. The molecule has 1 saturated heterocycles. The molecule has 2 aromatic carbocycles. The van der Waals surface area contributed by atoms with Crippen LogP contribution < -0.4 is 9.03 Å². The van der Waals surface area contributed by atoms with E-state index in [9.17, 15) is 21.6 Å². The van der Waals surface area contributed by atoms with Gasteiger partial charge >= 0.3 is 0 Å². The molecular formula is C23H31N3O5S2. The summed E-state index contributed by atoms with van der Waals surface area (Å²) in [6.45, 7) is 8.93. The van der Waals surface area contributed by atoms with Crippen molar-refractivity contribution in [2.75, 3.05) is 29.7 Å². The van der Waals surface area contributed by atoms with Crippen LogP contribution >= 0.6 is 0 Å². The Balaban J connectivity index is 1.81. The Morgan fingerprint density at radius 1 is 1.03 bits per heavy atom. The Bertz CT molecular complexity index is 1190. The quantitative estimate of drug-likeness (QED) is 0.576. The Morgan fingerprint density at radius 3 is 2.09 bits per heavy atom. The van der Waals surface area contributed by atoms with Crippen molar-refractivity contribution in [2.24, 2.45) is 5.41 Å². The molecule has 0 bridgehead atoms. The van der Waals surface area contributed by atoms with Gasteiger partial charge in [-0.2, -0.15) is 0 Å². The van der Waals surface area contributed by atoms with Gasteiger partial charge in [0.1, 0.15) is 0 Å². The molecule has 1 amide bonds. The van der Waals surface area contributed by atoms with Crippen molar-refractivity contribution in [3.8, 4) is 0 Å². The molecule has 0 radical (unpaired) electrons. The second kappa shape index (κ2) is 9.54.